The highest BCUT2D eigenvalue weighted by Crippen LogP contribution is 2.34. The third kappa shape index (κ3) is 3.59. The van der Waals surface area contributed by atoms with E-state index in [1.165, 1.54) is 0 Å². The Balaban J connectivity index is 1.88. The zero-order chi connectivity index (χ0) is 21.7. The highest BCUT2D eigenvalue weighted by Gasteiger charge is 2.31. The summed E-state index contributed by atoms with van der Waals surface area (Å²) in [6.07, 6.45) is 1.74. The average Bonchev–Trinajstić information content (AvgIpc) is 3.15. The van der Waals surface area contributed by atoms with E-state index in [0.717, 1.165) is 10.9 Å². The maximum Gasteiger partial charge on any atom is 0.326 e. The second-order valence-electron chi connectivity index (χ2n) is 8.05. The van der Waals surface area contributed by atoms with Crippen LogP contribution in [0.25, 0.3) is 10.9 Å². The lowest BCUT2D eigenvalue weighted by molar-refractivity contribution is -0.155. The molecule has 1 aliphatic rings. The third-order valence-electron chi connectivity index (χ3n) is 4.69. The lowest BCUT2D eigenvalue weighted by atomic mass is 10.0. The largest absolute Gasteiger partial charge is 0.497 e. The molecule has 0 fully saturated rings. The maximum absolute atomic E-state index is 12.5. The van der Waals surface area contributed by atoms with Crippen LogP contribution in [0.15, 0.2) is 58.0 Å². The molecule has 156 valence electrons. The number of rotatable bonds is 4. The fraction of sp³-hybridized carbons (Fsp3) is 0.273. The average molecular weight is 426 g/mol. The van der Waals surface area contributed by atoms with Gasteiger partial charge >= 0.3 is 5.97 Å². The first-order chi connectivity index (χ1) is 14.1. The Hall–Kier alpha value is -3.13. The molecule has 2 aromatic carbocycles. The number of hydrogen-bond donors (Lipinski definition) is 0. The van der Waals surface area contributed by atoms with E-state index in [4.69, 9.17) is 9.47 Å². The van der Waals surface area contributed by atoms with Crippen LogP contribution in [0.5, 0.6) is 5.75 Å². The quantitative estimate of drug-likeness (QED) is 0.596. The summed E-state index contributed by atoms with van der Waals surface area (Å²) in [6, 6.07) is 12.2. The normalized spacial score (nSPS) is 15.0. The van der Waals surface area contributed by atoms with Crippen molar-refractivity contribution in [2.75, 3.05) is 7.11 Å². The van der Waals surface area contributed by atoms with Crippen LogP contribution in [0.1, 0.15) is 31.9 Å². The van der Waals surface area contributed by atoms with Gasteiger partial charge in [-0.1, -0.05) is 18.2 Å². The molecule has 8 heteroatoms. The van der Waals surface area contributed by atoms with Crippen molar-refractivity contribution in [3.63, 3.8) is 0 Å². The number of sulfonamides is 1. The summed E-state index contributed by atoms with van der Waals surface area (Å²) in [6.45, 7) is 5.42. The number of nitrogens with zero attached hydrogens (tertiary/aromatic N) is 2. The molecule has 0 N–H and O–H groups in total. The van der Waals surface area contributed by atoms with Crippen LogP contribution < -0.4 is 4.74 Å². The van der Waals surface area contributed by atoms with Crippen LogP contribution in [0.4, 0.5) is 0 Å². The summed E-state index contributed by atoms with van der Waals surface area (Å²) in [5.74, 6) is 0.233. The molecule has 0 unspecified atom stereocenters. The molecule has 0 aliphatic carbocycles. The first-order valence-electron chi connectivity index (χ1n) is 9.42. The SMILES string of the molecule is COc1ccc2c(c1)c(C1=NS(=O)(=O)c3ccccc31)cn2CC(=O)OC(C)(C)C. The number of esters is 1. The van der Waals surface area contributed by atoms with Crippen molar-refractivity contribution < 1.29 is 22.7 Å². The molecule has 0 amide bonds. The van der Waals surface area contributed by atoms with Gasteiger partial charge < -0.3 is 14.0 Å². The Bertz CT molecular complexity index is 1300. The number of carbonyl (C=O) groups excluding carboxylic acids is 1. The molecule has 0 spiro atoms. The maximum atomic E-state index is 12.5. The predicted octanol–water partition coefficient (Wildman–Crippen LogP) is 3.53. The van der Waals surface area contributed by atoms with Gasteiger partial charge in [0.1, 0.15) is 17.9 Å². The summed E-state index contributed by atoms with van der Waals surface area (Å²) in [5, 5.41) is 0.739. The molecule has 0 radical (unpaired) electrons. The third-order valence-corrected chi connectivity index (χ3v) is 6.03. The van der Waals surface area contributed by atoms with Gasteiger partial charge in [-0.05, 0) is 45.0 Å². The Morgan fingerprint density at radius 3 is 2.53 bits per heavy atom. The Morgan fingerprint density at radius 2 is 1.83 bits per heavy atom. The van der Waals surface area contributed by atoms with E-state index in [2.05, 4.69) is 4.40 Å². The summed E-state index contributed by atoms with van der Waals surface area (Å²) in [7, 11) is -2.21. The highest BCUT2D eigenvalue weighted by molar-refractivity contribution is 7.90. The molecular weight excluding hydrogens is 404 g/mol. The summed E-state index contributed by atoms with van der Waals surface area (Å²) in [4.78, 5) is 12.6. The number of methoxy groups -OCH3 is 1. The van der Waals surface area contributed by atoms with Crippen molar-refractivity contribution in [3.05, 3.63) is 59.8 Å². The van der Waals surface area contributed by atoms with Crippen molar-refractivity contribution >= 4 is 32.6 Å². The van der Waals surface area contributed by atoms with Crippen LogP contribution in [0.2, 0.25) is 0 Å². The molecule has 30 heavy (non-hydrogen) atoms. The van der Waals surface area contributed by atoms with Gasteiger partial charge in [-0.2, -0.15) is 12.8 Å². The van der Waals surface area contributed by atoms with Gasteiger partial charge in [0.05, 0.1) is 17.7 Å². The zero-order valence-electron chi connectivity index (χ0n) is 17.2. The van der Waals surface area contributed by atoms with Gasteiger partial charge in [0.2, 0.25) is 0 Å². The van der Waals surface area contributed by atoms with E-state index in [-0.39, 0.29) is 17.4 Å². The lowest BCUT2D eigenvalue weighted by Crippen LogP contribution is -2.26. The molecule has 4 rings (SSSR count). The standard InChI is InChI=1S/C22H22N2O5S/c1-22(2,3)29-20(25)13-24-12-17(16-11-14(28-4)9-10-18(16)24)21-15-7-5-6-8-19(15)30(26,27)23-21/h5-12H,13H2,1-4H3. The molecule has 1 aliphatic heterocycles. The number of carbonyl (C=O) groups is 1. The number of fused-ring (bicyclic) bond motifs is 2. The van der Waals surface area contributed by atoms with E-state index in [0.29, 0.717) is 22.6 Å². The smallest absolute Gasteiger partial charge is 0.326 e. The highest BCUT2D eigenvalue weighted by atomic mass is 32.2. The Kier molecular flexibility index (Phi) is 4.69. The number of benzene rings is 2. The minimum absolute atomic E-state index is 0.0121. The van der Waals surface area contributed by atoms with Crippen LogP contribution in [0.3, 0.4) is 0 Å². The Labute approximate surface area is 175 Å². The van der Waals surface area contributed by atoms with Crippen molar-refractivity contribution in [2.24, 2.45) is 4.40 Å². The first-order valence-corrected chi connectivity index (χ1v) is 10.9. The monoisotopic (exact) mass is 426 g/mol. The lowest BCUT2D eigenvalue weighted by Gasteiger charge is -2.19. The zero-order valence-corrected chi connectivity index (χ0v) is 18.0. The predicted molar refractivity (Wildman–Crippen MR) is 114 cm³/mol. The number of ether oxygens (including phenoxy) is 2. The molecule has 2 heterocycles. The van der Waals surface area contributed by atoms with Gasteiger partial charge in [0, 0.05) is 28.2 Å². The molecule has 1 aromatic heterocycles. The number of aromatic nitrogens is 1. The van der Waals surface area contributed by atoms with Crippen LogP contribution >= 0.6 is 0 Å². The van der Waals surface area contributed by atoms with E-state index < -0.39 is 15.6 Å². The number of hydrogen-bond acceptors (Lipinski definition) is 5. The van der Waals surface area contributed by atoms with Crippen molar-refractivity contribution in [1.29, 1.82) is 0 Å². The molecular formula is C22H22N2O5S. The molecule has 3 aromatic rings. The fourth-order valence-electron chi connectivity index (χ4n) is 3.54. The molecule has 0 saturated carbocycles. The summed E-state index contributed by atoms with van der Waals surface area (Å²) in [5.41, 5.74) is 1.65. The minimum atomic E-state index is -3.77. The minimum Gasteiger partial charge on any atom is -0.497 e. The van der Waals surface area contributed by atoms with Gasteiger partial charge in [-0.15, -0.1) is 0 Å². The van der Waals surface area contributed by atoms with Crippen LogP contribution in [-0.2, 0) is 26.1 Å². The fourth-order valence-corrected chi connectivity index (χ4v) is 4.76. The van der Waals surface area contributed by atoms with Crippen LogP contribution in [0, 0.1) is 0 Å². The van der Waals surface area contributed by atoms with Gasteiger partial charge in [0.15, 0.2) is 0 Å². The van der Waals surface area contributed by atoms with Gasteiger partial charge in [0.25, 0.3) is 10.0 Å². The van der Waals surface area contributed by atoms with Gasteiger partial charge in [-0.25, -0.2) is 0 Å². The topological polar surface area (TPSA) is 87.0 Å². The first kappa shape index (κ1) is 20.2. The second-order valence-corrected chi connectivity index (χ2v) is 9.62. The van der Waals surface area contributed by atoms with E-state index in [1.807, 2.05) is 32.9 Å². The molecule has 7 nitrogen and oxygen atoms in total. The molecule has 0 saturated heterocycles. The van der Waals surface area contributed by atoms with Crippen molar-refractivity contribution in [1.82, 2.24) is 4.57 Å². The van der Waals surface area contributed by atoms with Crippen molar-refractivity contribution in [3.8, 4) is 5.75 Å². The van der Waals surface area contributed by atoms with Crippen LogP contribution in [-0.4, -0.2) is 37.4 Å². The summed E-state index contributed by atoms with van der Waals surface area (Å²) < 4.78 is 41.7. The van der Waals surface area contributed by atoms with E-state index in [1.54, 1.807) is 48.2 Å². The Morgan fingerprint density at radius 1 is 1.10 bits per heavy atom. The molecule has 0 atom stereocenters. The molecule has 0 bridgehead atoms. The second kappa shape index (κ2) is 6.98. The van der Waals surface area contributed by atoms with Gasteiger partial charge in [-0.3, -0.25) is 4.79 Å². The van der Waals surface area contributed by atoms with Crippen molar-refractivity contribution in [2.45, 2.75) is 37.8 Å². The van der Waals surface area contributed by atoms with E-state index in [9.17, 15) is 13.2 Å². The summed E-state index contributed by atoms with van der Waals surface area (Å²) >= 11 is 0. The van der Waals surface area contributed by atoms with E-state index >= 15 is 0 Å².